The number of nitrogens with two attached hydrogens (primary N) is 1. The Morgan fingerprint density at radius 3 is 2.61 bits per heavy atom. The summed E-state index contributed by atoms with van der Waals surface area (Å²) in [6, 6.07) is 4.86. The van der Waals surface area contributed by atoms with Crippen molar-refractivity contribution in [2.75, 3.05) is 13.2 Å². The topological polar surface area (TPSA) is 81.4 Å². The average molecular weight is 250 g/mol. The molecule has 0 atom stereocenters. The second-order valence-corrected chi connectivity index (χ2v) is 4.08. The minimum Gasteiger partial charge on any atom is -0.462 e. The van der Waals surface area contributed by atoms with Gasteiger partial charge in [0.05, 0.1) is 12.2 Å². The number of aryl methyl sites for hydroxylation is 2. The van der Waals surface area contributed by atoms with Crippen LogP contribution in [0.4, 0.5) is 4.79 Å². The quantitative estimate of drug-likeness (QED) is 0.614. The molecule has 1 aromatic carbocycles. The summed E-state index contributed by atoms with van der Waals surface area (Å²) in [6.07, 6.45) is 0.541. The Bertz CT molecular complexity index is 444. The first-order valence-corrected chi connectivity index (χ1v) is 5.78. The zero-order chi connectivity index (χ0) is 13.5. The van der Waals surface area contributed by atoms with Gasteiger partial charge in [-0.15, -0.1) is 0 Å². The van der Waals surface area contributed by atoms with Gasteiger partial charge in [-0.25, -0.2) is 9.59 Å². The van der Waals surface area contributed by atoms with Crippen LogP contribution in [-0.4, -0.2) is 25.2 Å². The van der Waals surface area contributed by atoms with Gasteiger partial charge in [-0.05, 0) is 43.5 Å². The number of carbonyl (C=O) groups excluding carboxylic acids is 2. The van der Waals surface area contributed by atoms with E-state index in [0.29, 0.717) is 18.5 Å². The lowest BCUT2D eigenvalue weighted by Gasteiger charge is -2.07. The second kappa shape index (κ2) is 6.64. The minimum atomic E-state index is -0.574. The highest BCUT2D eigenvalue weighted by Crippen LogP contribution is 2.10. The van der Waals surface area contributed by atoms with E-state index in [1.165, 1.54) is 0 Å². The summed E-state index contributed by atoms with van der Waals surface area (Å²) >= 11 is 0. The number of benzene rings is 1. The third-order valence-electron chi connectivity index (χ3n) is 2.60. The van der Waals surface area contributed by atoms with Crippen LogP contribution < -0.4 is 11.1 Å². The molecule has 0 aromatic heterocycles. The summed E-state index contributed by atoms with van der Waals surface area (Å²) in [4.78, 5) is 22.1. The summed E-state index contributed by atoms with van der Waals surface area (Å²) in [7, 11) is 0. The number of amides is 2. The average Bonchev–Trinajstić information content (AvgIpc) is 2.31. The zero-order valence-electron chi connectivity index (χ0n) is 10.7. The maximum absolute atomic E-state index is 11.7. The van der Waals surface area contributed by atoms with Gasteiger partial charge in [-0.1, -0.05) is 6.07 Å². The molecule has 0 saturated heterocycles. The predicted octanol–water partition coefficient (Wildman–Crippen LogP) is 1.52. The van der Waals surface area contributed by atoms with Crippen molar-refractivity contribution in [1.29, 1.82) is 0 Å². The lowest BCUT2D eigenvalue weighted by Crippen LogP contribution is -2.30. The number of urea groups is 1. The smallest absolute Gasteiger partial charge is 0.338 e. The molecular weight excluding hydrogens is 232 g/mol. The molecule has 0 aliphatic heterocycles. The lowest BCUT2D eigenvalue weighted by molar-refractivity contribution is 0.0501. The van der Waals surface area contributed by atoms with Crippen LogP contribution in [-0.2, 0) is 4.74 Å². The molecule has 0 unspecified atom stereocenters. The Balaban J connectivity index is 2.36. The van der Waals surface area contributed by atoms with Crippen LogP contribution in [0.25, 0.3) is 0 Å². The van der Waals surface area contributed by atoms with Crippen molar-refractivity contribution in [3.8, 4) is 0 Å². The molecular formula is C13H18N2O3. The fraction of sp³-hybridized carbons (Fsp3) is 0.385. The number of primary amides is 1. The Kier molecular flexibility index (Phi) is 5.17. The van der Waals surface area contributed by atoms with E-state index in [4.69, 9.17) is 10.5 Å². The highest BCUT2D eigenvalue weighted by molar-refractivity contribution is 5.89. The van der Waals surface area contributed by atoms with Crippen molar-refractivity contribution in [2.45, 2.75) is 20.3 Å². The van der Waals surface area contributed by atoms with Crippen LogP contribution in [0.3, 0.4) is 0 Å². The van der Waals surface area contributed by atoms with Crippen molar-refractivity contribution in [3.05, 3.63) is 34.9 Å². The molecule has 0 aliphatic rings. The standard InChI is InChI=1S/C13H18N2O3/c1-9-4-5-11(8-10(9)2)12(16)18-7-3-6-15-13(14)17/h4-5,8H,3,6-7H2,1-2H3,(H3,14,15,17). The first kappa shape index (κ1) is 14.0. The first-order valence-electron chi connectivity index (χ1n) is 5.78. The lowest BCUT2D eigenvalue weighted by atomic mass is 10.1. The largest absolute Gasteiger partial charge is 0.462 e. The number of nitrogens with one attached hydrogen (secondary N) is 1. The van der Waals surface area contributed by atoms with Crippen LogP contribution in [0.2, 0.25) is 0 Å². The maximum atomic E-state index is 11.7. The molecule has 0 saturated carbocycles. The highest BCUT2D eigenvalue weighted by atomic mass is 16.5. The van der Waals surface area contributed by atoms with Gasteiger partial charge in [0.25, 0.3) is 0 Å². The molecule has 98 valence electrons. The number of rotatable bonds is 5. The van der Waals surface area contributed by atoms with Crippen LogP contribution >= 0.6 is 0 Å². The van der Waals surface area contributed by atoms with Gasteiger partial charge in [-0.2, -0.15) is 0 Å². The fourth-order valence-corrected chi connectivity index (χ4v) is 1.40. The Hall–Kier alpha value is -2.04. The summed E-state index contributed by atoms with van der Waals surface area (Å²) in [5, 5.41) is 2.42. The third-order valence-corrected chi connectivity index (χ3v) is 2.60. The van der Waals surface area contributed by atoms with Crippen molar-refractivity contribution >= 4 is 12.0 Å². The monoisotopic (exact) mass is 250 g/mol. The first-order chi connectivity index (χ1) is 8.50. The highest BCUT2D eigenvalue weighted by Gasteiger charge is 2.07. The van der Waals surface area contributed by atoms with Gasteiger partial charge in [0.15, 0.2) is 0 Å². The predicted molar refractivity (Wildman–Crippen MR) is 68.4 cm³/mol. The molecule has 5 nitrogen and oxygen atoms in total. The summed E-state index contributed by atoms with van der Waals surface area (Å²) in [5.74, 6) is -0.350. The number of carbonyl (C=O) groups is 2. The molecule has 0 heterocycles. The van der Waals surface area contributed by atoms with E-state index < -0.39 is 6.03 Å². The number of hydrogen-bond acceptors (Lipinski definition) is 3. The summed E-state index contributed by atoms with van der Waals surface area (Å²) < 4.78 is 5.07. The molecule has 0 aliphatic carbocycles. The molecule has 0 bridgehead atoms. The van der Waals surface area contributed by atoms with Gasteiger partial charge < -0.3 is 15.8 Å². The normalized spacial score (nSPS) is 9.89. The molecule has 5 heteroatoms. The number of hydrogen-bond donors (Lipinski definition) is 2. The van der Waals surface area contributed by atoms with Crippen molar-refractivity contribution < 1.29 is 14.3 Å². The Labute approximate surface area is 106 Å². The molecule has 1 aromatic rings. The Morgan fingerprint density at radius 1 is 1.28 bits per heavy atom. The van der Waals surface area contributed by atoms with E-state index in [0.717, 1.165) is 11.1 Å². The summed E-state index contributed by atoms with van der Waals surface area (Å²) in [5.41, 5.74) is 7.63. The Morgan fingerprint density at radius 2 is 2.00 bits per heavy atom. The molecule has 2 amide bonds. The molecule has 0 fully saturated rings. The van der Waals surface area contributed by atoms with Crippen molar-refractivity contribution in [2.24, 2.45) is 5.73 Å². The SMILES string of the molecule is Cc1ccc(C(=O)OCCCNC(N)=O)cc1C. The second-order valence-electron chi connectivity index (χ2n) is 4.08. The van der Waals surface area contributed by atoms with Crippen LogP contribution in [0, 0.1) is 13.8 Å². The van der Waals surface area contributed by atoms with Gasteiger partial charge in [0.1, 0.15) is 0 Å². The van der Waals surface area contributed by atoms with Crippen LogP contribution in [0.15, 0.2) is 18.2 Å². The van der Waals surface area contributed by atoms with Crippen molar-refractivity contribution in [3.63, 3.8) is 0 Å². The third kappa shape index (κ3) is 4.45. The van der Waals surface area contributed by atoms with E-state index in [2.05, 4.69) is 5.32 Å². The maximum Gasteiger partial charge on any atom is 0.338 e. The molecule has 18 heavy (non-hydrogen) atoms. The van der Waals surface area contributed by atoms with E-state index in [-0.39, 0.29) is 12.6 Å². The zero-order valence-corrected chi connectivity index (χ0v) is 10.7. The van der Waals surface area contributed by atoms with E-state index in [1.807, 2.05) is 19.9 Å². The molecule has 0 spiro atoms. The van der Waals surface area contributed by atoms with E-state index in [1.54, 1.807) is 12.1 Å². The van der Waals surface area contributed by atoms with Gasteiger partial charge in [0, 0.05) is 6.54 Å². The van der Waals surface area contributed by atoms with Crippen LogP contribution in [0.5, 0.6) is 0 Å². The molecule has 1 rings (SSSR count). The van der Waals surface area contributed by atoms with Gasteiger partial charge in [0.2, 0.25) is 0 Å². The minimum absolute atomic E-state index is 0.256. The van der Waals surface area contributed by atoms with E-state index >= 15 is 0 Å². The molecule has 3 N–H and O–H groups in total. The fourth-order valence-electron chi connectivity index (χ4n) is 1.40. The van der Waals surface area contributed by atoms with Gasteiger partial charge in [-0.3, -0.25) is 0 Å². The van der Waals surface area contributed by atoms with E-state index in [9.17, 15) is 9.59 Å². The molecule has 0 radical (unpaired) electrons. The summed E-state index contributed by atoms with van der Waals surface area (Å²) in [6.45, 7) is 4.59. The number of esters is 1. The van der Waals surface area contributed by atoms with Crippen LogP contribution in [0.1, 0.15) is 27.9 Å². The number of ether oxygens (including phenoxy) is 1. The van der Waals surface area contributed by atoms with Gasteiger partial charge >= 0.3 is 12.0 Å². The van der Waals surface area contributed by atoms with Crippen molar-refractivity contribution in [1.82, 2.24) is 5.32 Å².